The van der Waals surface area contributed by atoms with Gasteiger partial charge in [-0.25, -0.2) is 8.42 Å². The van der Waals surface area contributed by atoms with Gasteiger partial charge in [-0.15, -0.1) is 30.5 Å². The fraction of sp³-hybridized carbons (Fsp3) is 1.00. The highest BCUT2D eigenvalue weighted by Gasteiger charge is 2.25. The molecule has 0 rings (SSSR count). The van der Waals surface area contributed by atoms with Gasteiger partial charge in [-0.05, 0) is 18.8 Å². The van der Waals surface area contributed by atoms with Crippen molar-refractivity contribution >= 4 is 34.0 Å². The molecule has 4 nitrogen and oxygen atoms in total. The van der Waals surface area contributed by atoms with Gasteiger partial charge in [0, 0.05) is 5.75 Å². The molecule has 0 aromatic rings. The molecule has 0 N–H and O–H groups in total. The summed E-state index contributed by atoms with van der Waals surface area (Å²) < 4.78 is 29.5. The van der Waals surface area contributed by atoms with Crippen molar-refractivity contribution in [1.82, 2.24) is 0 Å². The Bertz CT molecular complexity index is 508. The molecule has 0 saturated carbocycles. The molecule has 0 heterocycles. The molecule has 0 unspecified atom stereocenters. The average Bonchev–Trinajstić information content (AvgIpc) is 2.66. The number of nitrogens with zero attached hydrogens (tertiary/aromatic N) is 2. The van der Waals surface area contributed by atoms with Gasteiger partial charge in [-0.1, -0.05) is 104 Å². The van der Waals surface area contributed by atoms with Crippen molar-refractivity contribution in [3.05, 3.63) is 4.72 Å². The van der Waals surface area contributed by atoms with E-state index in [0.717, 1.165) is 36.8 Å². The van der Waals surface area contributed by atoms with Crippen molar-refractivity contribution < 1.29 is 12.9 Å². The molecule has 0 aromatic heterocycles. The van der Waals surface area contributed by atoms with Crippen LogP contribution >= 0.6 is 24.0 Å². The minimum absolute atomic E-state index is 0. The second-order valence-electron chi connectivity index (χ2n) is 10.7. The zero-order chi connectivity index (χ0) is 22.9. The lowest BCUT2D eigenvalue weighted by Gasteiger charge is -2.40. The van der Waals surface area contributed by atoms with Gasteiger partial charge >= 0.3 is 0 Å². The summed E-state index contributed by atoms with van der Waals surface area (Å²) in [6.45, 7) is 11.0. The Morgan fingerprint density at radius 3 is 1.48 bits per heavy atom. The van der Waals surface area contributed by atoms with Gasteiger partial charge in [0.25, 0.3) is 0 Å². The van der Waals surface area contributed by atoms with Crippen molar-refractivity contribution in [2.24, 2.45) is 5.41 Å². The maximum absolute atomic E-state index is 12.3. The van der Waals surface area contributed by atoms with E-state index in [2.05, 4.69) is 46.5 Å². The third kappa shape index (κ3) is 22.2. The van der Waals surface area contributed by atoms with Crippen LogP contribution in [0.4, 0.5) is 0 Å². The smallest absolute Gasteiger partial charge is 0.0817 e. The van der Waals surface area contributed by atoms with E-state index < -0.39 is 10.0 Å². The van der Waals surface area contributed by atoms with E-state index in [9.17, 15) is 8.42 Å². The molecule has 31 heavy (non-hydrogen) atoms. The summed E-state index contributed by atoms with van der Waals surface area (Å²) in [6.07, 6.45) is 17.9. The Balaban J connectivity index is 0. The Kier molecular flexibility index (Phi) is 20.7. The maximum Gasteiger partial charge on any atom is 0.0817 e. The zero-order valence-corrected chi connectivity index (χ0v) is 24.9. The van der Waals surface area contributed by atoms with E-state index in [1.165, 1.54) is 70.6 Å². The summed E-state index contributed by atoms with van der Waals surface area (Å²) in [7, 11) is 1.10. The fourth-order valence-corrected chi connectivity index (χ4v) is 5.38. The highest BCUT2D eigenvalue weighted by molar-refractivity contribution is 14.0. The topological polar surface area (TPSA) is 48.2 Å². The monoisotopic (exact) mass is 574 g/mol. The predicted molar refractivity (Wildman–Crippen MR) is 149 cm³/mol. The Morgan fingerprint density at radius 1 is 0.710 bits per heavy atom. The molecule has 0 aliphatic rings. The summed E-state index contributed by atoms with van der Waals surface area (Å²) in [5.41, 5.74) is -0.0952. The van der Waals surface area contributed by atoms with Crippen molar-refractivity contribution in [2.45, 2.75) is 118 Å². The van der Waals surface area contributed by atoms with Crippen LogP contribution in [-0.2, 0) is 10.0 Å². The molecule has 6 heteroatoms. The van der Waals surface area contributed by atoms with Crippen LogP contribution < -0.4 is 0 Å². The maximum atomic E-state index is 12.3. The molecule has 0 saturated heterocycles. The fourth-order valence-electron chi connectivity index (χ4n) is 4.14. The number of rotatable bonds is 21. The van der Waals surface area contributed by atoms with Crippen molar-refractivity contribution in [1.29, 1.82) is 0 Å². The number of hydrogen-bond acceptors (Lipinski definition) is 2. The lowest BCUT2D eigenvalue weighted by Crippen LogP contribution is -2.47. The van der Waals surface area contributed by atoms with Crippen molar-refractivity contribution in [3.8, 4) is 0 Å². The molecule has 0 fully saturated rings. The van der Waals surface area contributed by atoms with E-state index in [1.54, 1.807) is 0 Å². The summed E-state index contributed by atoms with van der Waals surface area (Å²) in [6, 6.07) is 0. The SMILES string of the molecule is CCCCCCCCCCCCCCCCS(=O)(=O)[N-]CC(C)(C)C[N+](C)(C)CC.I. The summed E-state index contributed by atoms with van der Waals surface area (Å²) in [5.74, 6) is 0.215. The number of hydrogen-bond donors (Lipinski definition) is 0. The second-order valence-corrected chi connectivity index (χ2v) is 12.6. The molecule has 0 spiro atoms. The van der Waals surface area contributed by atoms with Crippen molar-refractivity contribution in [3.63, 3.8) is 0 Å². The van der Waals surface area contributed by atoms with E-state index in [-0.39, 0.29) is 35.1 Å². The molecule has 0 amide bonds. The minimum atomic E-state index is -3.28. The molecule has 190 valence electrons. The van der Waals surface area contributed by atoms with Crippen LogP contribution in [0.2, 0.25) is 0 Å². The summed E-state index contributed by atoms with van der Waals surface area (Å²) >= 11 is 0. The van der Waals surface area contributed by atoms with Crippen LogP contribution in [0, 0.1) is 5.41 Å². The van der Waals surface area contributed by atoms with Crippen LogP contribution in [0.15, 0.2) is 0 Å². The van der Waals surface area contributed by atoms with Gasteiger partial charge in [-0.2, -0.15) is 0 Å². The molecule has 0 aromatic carbocycles. The second kappa shape index (κ2) is 19.0. The van der Waals surface area contributed by atoms with Gasteiger partial charge in [0.15, 0.2) is 0 Å². The summed E-state index contributed by atoms with van der Waals surface area (Å²) in [4.78, 5) is 0. The quantitative estimate of drug-likeness (QED) is 0.0795. The Labute approximate surface area is 213 Å². The highest BCUT2D eigenvalue weighted by Crippen LogP contribution is 2.24. The van der Waals surface area contributed by atoms with Crippen LogP contribution in [0.3, 0.4) is 0 Å². The average molecular weight is 575 g/mol. The molecule has 0 aliphatic heterocycles. The lowest BCUT2D eigenvalue weighted by molar-refractivity contribution is -0.894. The summed E-state index contributed by atoms with van der Waals surface area (Å²) in [5, 5.41) is 0. The van der Waals surface area contributed by atoms with E-state index in [0.29, 0.717) is 6.54 Å². The Hall–Kier alpha value is 0.600. The van der Waals surface area contributed by atoms with Crippen LogP contribution in [0.25, 0.3) is 4.72 Å². The van der Waals surface area contributed by atoms with E-state index in [1.807, 2.05) is 0 Å². The largest absolute Gasteiger partial charge is 0.548 e. The van der Waals surface area contributed by atoms with Gasteiger partial charge in [0.05, 0.1) is 37.2 Å². The lowest BCUT2D eigenvalue weighted by atomic mass is 9.92. The molecular formula is C25H55IN2O2S. The van der Waals surface area contributed by atoms with Gasteiger partial charge in [0.2, 0.25) is 0 Å². The molecule has 0 bridgehead atoms. The molecule has 0 atom stereocenters. The predicted octanol–water partition coefficient (Wildman–Crippen LogP) is 7.91. The number of sulfonamides is 1. The van der Waals surface area contributed by atoms with E-state index >= 15 is 0 Å². The minimum Gasteiger partial charge on any atom is -0.548 e. The van der Waals surface area contributed by atoms with Crippen molar-refractivity contribution in [2.75, 3.05) is 39.5 Å². The molecular weight excluding hydrogens is 519 g/mol. The van der Waals surface area contributed by atoms with Crippen LogP contribution in [0.5, 0.6) is 0 Å². The first-order valence-corrected chi connectivity index (χ1v) is 14.4. The van der Waals surface area contributed by atoms with Crippen LogP contribution in [-0.4, -0.2) is 52.4 Å². The standard InChI is InChI=1S/C25H54N2O2S.HI/c1-7-9-10-11-12-13-14-15-16-17-18-19-20-21-22-30(28,29)26-23-25(3,4)24-27(5,6)8-2;/h7-24H2,1-6H3;1H. The third-order valence-corrected chi connectivity index (χ3v) is 7.48. The van der Waals surface area contributed by atoms with Gasteiger partial charge < -0.3 is 9.21 Å². The van der Waals surface area contributed by atoms with Crippen LogP contribution in [0.1, 0.15) is 118 Å². The first-order chi connectivity index (χ1) is 14.0. The number of quaternary nitrogens is 1. The normalized spacial score (nSPS) is 12.7. The molecule has 0 radical (unpaired) electrons. The number of unbranched alkanes of at least 4 members (excludes halogenated alkanes) is 13. The Morgan fingerprint density at radius 2 is 1.10 bits per heavy atom. The molecule has 0 aliphatic carbocycles. The van der Waals surface area contributed by atoms with E-state index in [4.69, 9.17) is 0 Å². The zero-order valence-electron chi connectivity index (χ0n) is 21.8. The highest BCUT2D eigenvalue weighted by atomic mass is 127. The number of halogens is 1. The first kappa shape index (κ1) is 33.8. The third-order valence-electron chi connectivity index (χ3n) is 6.16. The van der Waals surface area contributed by atoms with Gasteiger partial charge in [-0.3, -0.25) is 0 Å². The first-order valence-electron chi connectivity index (χ1n) is 12.8. The van der Waals surface area contributed by atoms with Gasteiger partial charge in [0.1, 0.15) is 0 Å².